The third kappa shape index (κ3) is 6.12. The molecule has 7 nitrogen and oxygen atoms in total. The predicted molar refractivity (Wildman–Crippen MR) is 113 cm³/mol. The molecule has 0 saturated carbocycles. The first-order valence-corrected chi connectivity index (χ1v) is 10.3. The molecule has 1 aromatic rings. The number of aliphatic imine (C=N–C) groups is 1. The van der Waals surface area contributed by atoms with Gasteiger partial charge in [0, 0.05) is 58.2 Å². The molecule has 3 rings (SSSR count). The number of amides is 1. The van der Waals surface area contributed by atoms with Crippen LogP contribution in [0.2, 0.25) is 0 Å². The summed E-state index contributed by atoms with van der Waals surface area (Å²) in [4.78, 5) is 20.6. The Kier molecular flexibility index (Phi) is 7.54. The van der Waals surface area contributed by atoms with Crippen molar-refractivity contribution in [1.29, 1.82) is 0 Å². The minimum atomic E-state index is 0.00244. The van der Waals surface area contributed by atoms with Gasteiger partial charge in [0.05, 0.1) is 0 Å². The Labute approximate surface area is 168 Å². The molecule has 2 aliphatic heterocycles. The van der Waals surface area contributed by atoms with E-state index >= 15 is 0 Å². The lowest BCUT2D eigenvalue weighted by atomic mass is 10.0. The van der Waals surface area contributed by atoms with Crippen molar-refractivity contribution < 1.29 is 9.53 Å². The number of nitrogens with zero attached hydrogens (tertiary/aromatic N) is 3. The highest BCUT2D eigenvalue weighted by molar-refractivity contribution is 5.85. The number of para-hydroxylation sites is 1. The number of hydrogen-bond acceptors (Lipinski definition) is 4. The van der Waals surface area contributed by atoms with Crippen LogP contribution < -0.4 is 15.5 Å². The van der Waals surface area contributed by atoms with Crippen LogP contribution in [0.25, 0.3) is 0 Å². The maximum atomic E-state index is 12.0. The molecule has 2 heterocycles. The molecule has 0 radical (unpaired) electrons. The van der Waals surface area contributed by atoms with E-state index in [9.17, 15) is 4.79 Å². The molecule has 1 unspecified atom stereocenters. The summed E-state index contributed by atoms with van der Waals surface area (Å²) in [5, 5.41) is 7.10. The van der Waals surface area contributed by atoms with E-state index in [1.807, 2.05) is 6.07 Å². The van der Waals surface area contributed by atoms with Gasteiger partial charge in [-0.1, -0.05) is 18.2 Å². The van der Waals surface area contributed by atoms with Crippen LogP contribution >= 0.6 is 0 Å². The van der Waals surface area contributed by atoms with E-state index in [0.29, 0.717) is 12.1 Å². The molecule has 2 fully saturated rings. The van der Waals surface area contributed by atoms with Crippen LogP contribution in [-0.2, 0) is 9.53 Å². The monoisotopic (exact) mass is 387 g/mol. The lowest BCUT2D eigenvalue weighted by molar-refractivity contribution is -0.127. The van der Waals surface area contributed by atoms with Crippen LogP contribution in [0.5, 0.6) is 0 Å². The summed E-state index contributed by atoms with van der Waals surface area (Å²) < 4.78 is 5.46. The highest BCUT2D eigenvalue weighted by Crippen LogP contribution is 2.19. The third-order valence-corrected chi connectivity index (χ3v) is 5.32. The summed E-state index contributed by atoms with van der Waals surface area (Å²) in [5.74, 6) is 0.740. The zero-order chi connectivity index (χ0) is 19.8. The molecular weight excluding hydrogens is 354 g/mol. The second-order valence-electron chi connectivity index (χ2n) is 7.75. The normalized spacial score (nSPS) is 21.3. The first kappa shape index (κ1) is 20.5. The number of carbonyl (C=O) groups is 1. The SMILES string of the molecule is CN(C)C(=O)CN=C(NC1CCOCC1)NC1CCCN(c2ccccc2)C1. The van der Waals surface area contributed by atoms with Crippen molar-refractivity contribution in [2.24, 2.45) is 4.99 Å². The fraction of sp³-hybridized carbons (Fsp3) is 0.619. The summed E-state index contributed by atoms with van der Waals surface area (Å²) >= 11 is 0. The fourth-order valence-electron chi connectivity index (χ4n) is 3.62. The van der Waals surface area contributed by atoms with E-state index < -0.39 is 0 Å². The molecular formula is C21H33N5O2. The van der Waals surface area contributed by atoms with Crippen LogP contribution in [0.15, 0.2) is 35.3 Å². The summed E-state index contributed by atoms with van der Waals surface area (Å²) in [6.45, 7) is 3.70. The second-order valence-corrected chi connectivity index (χ2v) is 7.75. The fourth-order valence-corrected chi connectivity index (χ4v) is 3.62. The van der Waals surface area contributed by atoms with Gasteiger partial charge in [0.15, 0.2) is 5.96 Å². The van der Waals surface area contributed by atoms with Crippen molar-refractivity contribution in [2.45, 2.75) is 37.8 Å². The summed E-state index contributed by atoms with van der Waals surface area (Å²) in [7, 11) is 3.52. The molecule has 0 spiro atoms. The number of anilines is 1. The number of benzene rings is 1. The lowest BCUT2D eigenvalue weighted by Crippen LogP contribution is -2.54. The zero-order valence-electron chi connectivity index (χ0n) is 17.1. The number of piperidine rings is 1. The Morgan fingerprint density at radius 3 is 2.57 bits per heavy atom. The first-order chi connectivity index (χ1) is 13.6. The highest BCUT2D eigenvalue weighted by atomic mass is 16.5. The van der Waals surface area contributed by atoms with Crippen molar-refractivity contribution >= 4 is 17.6 Å². The molecule has 2 aliphatic rings. The van der Waals surface area contributed by atoms with Gasteiger partial charge in [-0.05, 0) is 37.8 Å². The van der Waals surface area contributed by atoms with Gasteiger partial charge in [-0.25, -0.2) is 4.99 Å². The van der Waals surface area contributed by atoms with Gasteiger partial charge in [0.1, 0.15) is 6.54 Å². The molecule has 7 heteroatoms. The van der Waals surface area contributed by atoms with Gasteiger partial charge in [-0.15, -0.1) is 0 Å². The molecule has 1 amide bonds. The molecule has 28 heavy (non-hydrogen) atoms. The number of rotatable bonds is 5. The summed E-state index contributed by atoms with van der Waals surface area (Å²) in [5.41, 5.74) is 1.26. The van der Waals surface area contributed by atoms with Gasteiger partial charge in [-0.2, -0.15) is 0 Å². The minimum absolute atomic E-state index is 0.00244. The standard InChI is InChI=1S/C21H33N5O2/c1-25(2)20(27)15-22-21(23-17-10-13-28-14-11-17)24-18-7-6-12-26(16-18)19-8-4-3-5-9-19/h3-5,8-9,17-18H,6-7,10-16H2,1-2H3,(H2,22,23,24). The van der Waals surface area contributed by atoms with Crippen LogP contribution in [0, 0.1) is 0 Å². The Balaban J connectivity index is 1.63. The average molecular weight is 388 g/mol. The Morgan fingerprint density at radius 1 is 1.14 bits per heavy atom. The molecule has 0 bridgehead atoms. The zero-order valence-corrected chi connectivity index (χ0v) is 17.1. The van der Waals surface area contributed by atoms with E-state index in [0.717, 1.165) is 57.9 Å². The molecule has 0 aromatic heterocycles. The lowest BCUT2D eigenvalue weighted by Gasteiger charge is -2.36. The van der Waals surface area contributed by atoms with Crippen molar-refractivity contribution in [3.63, 3.8) is 0 Å². The van der Waals surface area contributed by atoms with Gasteiger partial charge >= 0.3 is 0 Å². The van der Waals surface area contributed by atoms with E-state index in [4.69, 9.17) is 4.74 Å². The van der Waals surface area contributed by atoms with Crippen LogP contribution in [0.4, 0.5) is 5.69 Å². The van der Waals surface area contributed by atoms with Gasteiger partial charge < -0.3 is 25.2 Å². The highest BCUT2D eigenvalue weighted by Gasteiger charge is 2.23. The van der Waals surface area contributed by atoms with Crippen molar-refractivity contribution in [3.8, 4) is 0 Å². The maximum absolute atomic E-state index is 12.0. The van der Waals surface area contributed by atoms with E-state index in [2.05, 4.69) is 44.8 Å². The second kappa shape index (κ2) is 10.3. The molecule has 154 valence electrons. The topological polar surface area (TPSA) is 69.2 Å². The van der Waals surface area contributed by atoms with Gasteiger partial charge in [0.25, 0.3) is 0 Å². The van der Waals surface area contributed by atoms with Crippen LogP contribution in [0.3, 0.4) is 0 Å². The number of nitrogens with one attached hydrogen (secondary N) is 2. The van der Waals surface area contributed by atoms with Gasteiger partial charge in [-0.3, -0.25) is 4.79 Å². The van der Waals surface area contributed by atoms with Crippen molar-refractivity contribution in [2.75, 3.05) is 51.8 Å². The molecule has 1 aromatic carbocycles. The number of likely N-dealkylation sites (N-methyl/N-ethyl adjacent to an activating group) is 1. The molecule has 1 atom stereocenters. The average Bonchev–Trinajstić information content (AvgIpc) is 2.73. The Hall–Kier alpha value is -2.28. The molecule has 0 aliphatic carbocycles. The predicted octanol–water partition coefficient (Wildman–Crippen LogP) is 1.46. The minimum Gasteiger partial charge on any atom is -0.381 e. The molecule has 2 N–H and O–H groups in total. The van der Waals surface area contributed by atoms with Gasteiger partial charge in [0.2, 0.25) is 5.91 Å². The first-order valence-electron chi connectivity index (χ1n) is 10.3. The maximum Gasteiger partial charge on any atom is 0.243 e. The smallest absolute Gasteiger partial charge is 0.243 e. The number of carbonyl (C=O) groups excluding carboxylic acids is 1. The van der Waals surface area contributed by atoms with Crippen molar-refractivity contribution in [1.82, 2.24) is 15.5 Å². The van der Waals surface area contributed by atoms with Crippen LogP contribution in [-0.4, -0.2) is 75.8 Å². The third-order valence-electron chi connectivity index (χ3n) is 5.32. The van der Waals surface area contributed by atoms with E-state index in [-0.39, 0.29) is 12.5 Å². The number of guanidine groups is 1. The van der Waals surface area contributed by atoms with E-state index in [1.54, 1.807) is 19.0 Å². The number of ether oxygens (including phenoxy) is 1. The Bertz CT molecular complexity index is 643. The Morgan fingerprint density at radius 2 is 1.86 bits per heavy atom. The quantitative estimate of drug-likeness (QED) is 0.591. The summed E-state index contributed by atoms with van der Waals surface area (Å²) in [6, 6.07) is 11.2. The summed E-state index contributed by atoms with van der Waals surface area (Å²) in [6.07, 6.45) is 4.15. The van der Waals surface area contributed by atoms with Crippen LogP contribution in [0.1, 0.15) is 25.7 Å². The van der Waals surface area contributed by atoms with E-state index in [1.165, 1.54) is 5.69 Å². The largest absolute Gasteiger partial charge is 0.381 e. The molecule has 2 saturated heterocycles. The number of hydrogen-bond donors (Lipinski definition) is 2. The van der Waals surface area contributed by atoms with Crippen molar-refractivity contribution in [3.05, 3.63) is 30.3 Å².